The van der Waals surface area contributed by atoms with E-state index in [2.05, 4.69) is 58.3 Å². The van der Waals surface area contributed by atoms with Crippen LogP contribution in [0.3, 0.4) is 0 Å². The molecule has 0 aliphatic heterocycles. The molecule has 0 bridgehead atoms. The van der Waals surface area contributed by atoms with Crippen molar-refractivity contribution in [3.63, 3.8) is 0 Å². The molecule has 0 atom stereocenters. The lowest BCUT2D eigenvalue weighted by molar-refractivity contribution is 0.167. The molecule has 2 aromatic heterocycles. The minimum atomic E-state index is -0.322. The van der Waals surface area contributed by atoms with Gasteiger partial charge in [0.1, 0.15) is 12.1 Å². The highest BCUT2D eigenvalue weighted by Crippen LogP contribution is 2.19. The van der Waals surface area contributed by atoms with Gasteiger partial charge in [-0.2, -0.15) is 5.10 Å². The Hall–Kier alpha value is -1.93. The number of fused-ring (bicyclic) bond motifs is 1. The molecule has 2 N–H and O–H groups in total. The third-order valence-electron chi connectivity index (χ3n) is 4.05. The summed E-state index contributed by atoms with van der Waals surface area (Å²) < 4.78 is 1.86. The van der Waals surface area contributed by atoms with Crippen LogP contribution in [-0.4, -0.2) is 54.8 Å². The highest BCUT2D eigenvalue weighted by atomic mass is 35.5. The lowest BCUT2D eigenvalue weighted by Gasteiger charge is -2.30. The minimum absolute atomic E-state index is 0. The molecule has 0 aliphatic rings. The number of carbonyl (C=O) groups is 1. The summed E-state index contributed by atoms with van der Waals surface area (Å²) in [5.74, 6) is 0.465. The van der Waals surface area contributed by atoms with Crippen molar-refractivity contribution < 1.29 is 4.79 Å². The molecule has 0 saturated carbocycles. The van der Waals surface area contributed by atoms with Crippen molar-refractivity contribution in [2.75, 3.05) is 11.9 Å². The summed E-state index contributed by atoms with van der Waals surface area (Å²) in [6, 6.07) is 0.630. The van der Waals surface area contributed by atoms with Gasteiger partial charge >= 0.3 is 6.03 Å². The fourth-order valence-corrected chi connectivity index (χ4v) is 2.96. The Labute approximate surface area is 167 Å². The van der Waals surface area contributed by atoms with Crippen LogP contribution in [0.4, 0.5) is 10.6 Å². The van der Waals surface area contributed by atoms with Gasteiger partial charge in [-0.3, -0.25) is 10.2 Å². The number of urea groups is 1. The van der Waals surface area contributed by atoms with Gasteiger partial charge in [-0.25, -0.2) is 19.4 Å². The molecule has 27 heavy (non-hydrogen) atoms. The van der Waals surface area contributed by atoms with Crippen LogP contribution in [0.1, 0.15) is 48.5 Å². The van der Waals surface area contributed by atoms with E-state index in [0.717, 1.165) is 24.1 Å². The van der Waals surface area contributed by atoms with Gasteiger partial charge < -0.3 is 5.32 Å². The van der Waals surface area contributed by atoms with E-state index >= 15 is 0 Å². The van der Waals surface area contributed by atoms with Crippen molar-refractivity contribution in [1.29, 1.82) is 0 Å². The molecule has 0 fully saturated rings. The van der Waals surface area contributed by atoms with Gasteiger partial charge in [0.25, 0.3) is 0 Å². The summed E-state index contributed by atoms with van der Waals surface area (Å²) in [6.45, 7) is 16.2. The molecular weight excluding hydrogens is 366 g/mol. The van der Waals surface area contributed by atoms with Crippen molar-refractivity contribution in [3.05, 3.63) is 12.5 Å². The van der Waals surface area contributed by atoms with E-state index < -0.39 is 0 Å². The Morgan fingerprint density at radius 1 is 1.19 bits per heavy atom. The fraction of sp³-hybridized carbons (Fsp3) is 0.667. The van der Waals surface area contributed by atoms with E-state index in [0.29, 0.717) is 17.9 Å². The second-order valence-electron chi connectivity index (χ2n) is 8.08. The zero-order valence-electron chi connectivity index (χ0n) is 17.3. The SMILES string of the molecule is CC(C)N(CCn1ncc2c(NC(=O)NC(C)(C)C)ncnc21)C(C)C.Cl. The molecule has 0 aromatic carbocycles. The summed E-state index contributed by atoms with van der Waals surface area (Å²) in [4.78, 5) is 23.1. The zero-order valence-corrected chi connectivity index (χ0v) is 18.1. The van der Waals surface area contributed by atoms with E-state index in [-0.39, 0.29) is 24.0 Å². The molecule has 0 unspecified atom stereocenters. The standard InChI is InChI=1S/C18H31N7O.ClH/c1-12(2)24(13(3)4)8-9-25-16-14(10-21-25)15(19-11-20-16)22-17(26)23-18(5,6)7;/h10-13H,8-9H2,1-7H3,(H2,19,20,22,23,26);1H. The van der Waals surface area contributed by atoms with E-state index in [9.17, 15) is 4.79 Å². The van der Waals surface area contributed by atoms with Crippen molar-refractivity contribution in [2.24, 2.45) is 0 Å². The van der Waals surface area contributed by atoms with Crippen LogP contribution >= 0.6 is 12.4 Å². The largest absolute Gasteiger partial charge is 0.333 e. The lowest BCUT2D eigenvalue weighted by atomic mass is 10.1. The smallest absolute Gasteiger partial charge is 0.320 e. The topological polar surface area (TPSA) is 88.0 Å². The number of nitrogens with zero attached hydrogens (tertiary/aromatic N) is 5. The molecule has 2 aromatic rings. The number of aromatic nitrogens is 4. The van der Waals surface area contributed by atoms with Gasteiger partial charge in [-0.1, -0.05) is 0 Å². The van der Waals surface area contributed by atoms with E-state index in [4.69, 9.17) is 0 Å². The Balaban J connectivity index is 0.00000364. The van der Waals surface area contributed by atoms with Crippen LogP contribution in [-0.2, 0) is 6.54 Å². The zero-order chi connectivity index (χ0) is 19.5. The van der Waals surface area contributed by atoms with E-state index in [1.807, 2.05) is 25.5 Å². The van der Waals surface area contributed by atoms with Gasteiger partial charge in [0, 0.05) is 24.2 Å². The van der Waals surface area contributed by atoms with Crippen LogP contribution < -0.4 is 10.6 Å². The van der Waals surface area contributed by atoms with Gasteiger partial charge in [0.2, 0.25) is 0 Å². The molecule has 8 nitrogen and oxygen atoms in total. The molecule has 0 radical (unpaired) electrons. The third-order valence-corrected chi connectivity index (χ3v) is 4.05. The molecule has 2 heterocycles. The van der Waals surface area contributed by atoms with E-state index in [1.165, 1.54) is 6.33 Å². The van der Waals surface area contributed by atoms with Gasteiger partial charge in [0.05, 0.1) is 18.1 Å². The third kappa shape index (κ3) is 6.32. The minimum Gasteiger partial charge on any atom is -0.333 e. The second-order valence-corrected chi connectivity index (χ2v) is 8.08. The number of nitrogens with one attached hydrogen (secondary N) is 2. The molecular formula is C18H32ClN7O. The molecule has 152 valence electrons. The Kier molecular flexibility index (Phi) is 7.98. The molecule has 2 amide bonds. The first kappa shape index (κ1) is 23.1. The number of rotatable bonds is 6. The average molecular weight is 398 g/mol. The number of amides is 2. The summed E-state index contributed by atoms with van der Waals surface area (Å²) in [7, 11) is 0. The van der Waals surface area contributed by atoms with Crippen molar-refractivity contribution in [1.82, 2.24) is 30.0 Å². The highest BCUT2D eigenvalue weighted by molar-refractivity contribution is 5.97. The number of anilines is 1. The predicted molar refractivity (Wildman–Crippen MR) is 111 cm³/mol. The predicted octanol–water partition coefficient (Wildman–Crippen LogP) is 3.29. The summed E-state index contributed by atoms with van der Waals surface area (Å²) >= 11 is 0. The maximum absolute atomic E-state index is 12.1. The van der Waals surface area contributed by atoms with Gasteiger partial charge in [-0.15, -0.1) is 12.4 Å². The molecule has 0 saturated heterocycles. The van der Waals surface area contributed by atoms with Gasteiger partial charge in [0.15, 0.2) is 5.65 Å². The highest BCUT2D eigenvalue weighted by Gasteiger charge is 2.18. The number of hydrogen-bond donors (Lipinski definition) is 2. The summed E-state index contributed by atoms with van der Waals surface area (Å²) in [5.41, 5.74) is 0.399. The number of carbonyl (C=O) groups excluding carboxylic acids is 1. The molecule has 0 spiro atoms. The van der Waals surface area contributed by atoms with Crippen molar-refractivity contribution in [2.45, 2.75) is 72.6 Å². The number of hydrogen-bond acceptors (Lipinski definition) is 5. The van der Waals surface area contributed by atoms with Crippen LogP contribution in [0.25, 0.3) is 11.0 Å². The maximum Gasteiger partial charge on any atom is 0.320 e. The van der Waals surface area contributed by atoms with Gasteiger partial charge in [-0.05, 0) is 48.5 Å². The first-order chi connectivity index (χ1) is 12.1. The van der Waals surface area contributed by atoms with Crippen molar-refractivity contribution in [3.8, 4) is 0 Å². The average Bonchev–Trinajstić information content (AvgIpc) is 2.89. The Bertz CT molecular complexity index is 744. The Morgan fingerprint density at radius 3 is 2.37 bits per heavy atom. The van der Waals surface area contributed by atoms with Crippen molar-refractivity contribution >= 4 is 35.3 Å². The molecule has 2 rings (SSSR count). The normalized spacial score (nSPS) is 11.9. The van der Waals surface area contributed by atoms with Crippen LogP contribution in [0.15, 0.2) is 12.5 Å². The first-order valence-electron chi connectivity index (χ1n) is 9.10. The second kappa shape index (κ2) is 9.32. The lowest BCUT2D eigenvalue weighted by Crippen LogP contribution is -2.43. The first-order valence-corrected chi connectivity index (χ1v) is 9.10. The Morgan fingerprint density at radius 2 is 1.81 bits per heavy atom. The molecule has 0 aliphatic carbocycles. The van der Waals surface area contributed by atoms with Crippen LogP contribution in [0.2, 0.25) is 0 Å². The number of halogens is 1. The van der Waals surface area contributed by atoms with Crippen LogP contribution in [0.5, 0.6) is 0 Å². The summed E-state index contributed by atoms with van der Waals surface area (Å²) in [6.07, 6.45) is 3.16. The quantitative estimate of drug-likeness (QED) is 0.780. The fourth-order valence-electron chi connectivity index (χ4n) is 2.96. The van der Waals surface area contributed by atoms with E-state index in [1.54, 1.807) is 6.20 Å². The van der Waals surface area contributed by atoms with Crippen LogP contribution in [0, 0.1) is 0 Å². The maximum atomic E-state index is 12.1. The molecule has 9 heteroatoms. The monoisotopic (exact) mass is 397 g/mol. The summed E-state index contributed by atoms with van der Waals surface area (Å²) in [5, 5.41) is 10.8.